The van der Waals surface area contributed by atoms with Crippen molar-refractivity contribution < 1.29 is 14.0 Å². The van der Waals surface area contributed by atoms with Crippen LogP contribution in [0, 0.1) is 17.7 Å². The molecule has 0 bridgehead atoms. The molecule has 2 aliphatic rings. The number of likely N-dealkylation sites (N-methyl/N-ethyl adjacent to an activating group) is 1. The summed E-state index contributed by atoms with van der Waals surface area (Å²) in [5, 5.41) is 5.31. The van der Waals surface area contributed by atoms with E-state index in [9.17, 15) is 14.0 Å². The predicted molar refractivity (Wildman–Crippen MR) is 145 cm³/mol. The first kappa shape index (κ1) is 25.4. The maximum absolute atomic E-state index is 13.6. The largest absolute Gasteiger partial charge is 0.341 e. The highest BCUT2D eigenvalue weighted by Crippen LogP contribution is 2.29. The SMILES string of the molecule is CN(C)[C@@H]1CCN(C(=O)[C@H]2C[C@@H](C(=O)Nc3ccc(F)cc3)CN(Cc3ccc4ccccc4c3)C2)C1. The predicted octanol–water partition coefficient (Wildman–Crippen LogP) is 4.22. The molecular formula is C30H35FN4O2. The topological polar surface area (TPSA) is 55.9 Å². The van der Waals surface area contributed by atoms with Gasteiger partial charge < -0.3 is 15.1 Å². The number of hydrogen-bond acceptors (Lipinski definition) is 4. The van der Waals surface area contributed by atoms with Crippen molar-refractivity contribution >= 4 is 28.3 Å². The first-order valence-corrected chi connectivity index (χ1v) is 13.1. The number of rotatable bonds is 6. The molecule has 3 atom stereocenters. The van der Waals surface area contributed by atoms with Crippen molar-refractivity contribution in [2.45, 2.75) is 25.4 Å². The number of halogens is 1. The zero-order valence-electron chi connectivity index (χ0n) is 21.6. The lowest BCUT2D eigenvalue weighted by Gasteiger charge is -2.38. The van der Waals surface area contributed by atoms with Gasteiger partial charge in [-0.3, -0.25) is 14.5 Å². The molecule has 0 aliphatic carbocycles. The number of likely N-dealkylation sites (tertiary alicyclic amines) is 2. The first-order chi connectivity index (χ1) is 17.9. The van der Waals surface area contributed by atoms with Gasteiger partial charge in [-0.05, 0) is 73.6 Å². The number of amides is 2. The molecule has 3 aromatic carbocycles. The van der Waals surface area contributed by atoms with E-state index < -0.39 is 0 Å². The second-order valence-corrected chi connectivity index (χ2v) is 10.7. The zero-order chi connectivity index (χ0) is 25.9. The summed E-state index contributed by atoms with van der Waals surface area (Å²) in [4.78, 5) is 33.3. The fourth-order valence-corrected chi connectivity index (χ4v) is 5.68. The highest BCUT2D eigenvalue weighted by Gasteiger charge is 2.39. The van der Waals surface area contributed by atoms with E-state index in [-0.39, 0.29) is 29.5 Å². The van der Waals surface area contributed by atoms with Crippen LogP contribution >= 0.6 is 0 Å². The Morgan fingerprint density at radius 1 is 0.946 bits per heavy atom. The molecule has 2 saturated heterocycles. The van der Waals surface area contributed by atoms with E-state index in [2.05, 4.69) is 59.5 Å². The Morgan fingerprint density at radius 3 is 2.41 bits per heavy atom. The summed E-state index contributed by atoms with van der Waals surface area (Å²) < 4.78 is 13.3. The summed E-state index contributed by atoms with van der Waals surface area (Å²) in [7, 11) is 4.11. The van der Waals surface area contributed by atoms with Gasteiger partial charge in [-0.2, -0.15) is 0 Å². The highest BCUT2D eigenvalue weighted by atomic mass is 19.1. The highest BCUT2D eigenvalue weighted by molar-refractivity contribution is 5.93. The lowest BCUT2D eigenvalue weighted by atomic mass is 9.87. The van der Waals surface area contributed by atoms with E-state index in [0.29, 0.717) is 37.8 Å². The molecule has 2 heterocycles. The molecule has 3 aromatic rings. The molecule has 0 radical (unpaired) electrons. The lowest BCUT2D eigenvalue weighted by Crippen LogP contribution is -2.49. The van der Waals surface area contributed by atoms with Gasteiger partial charge in [0.25, 0.3) is 0 Å². The average molecular weight is 503 g/mol. The standard InChI is InChI=1S/C30H35FN4O2/c1-33(2)28-13-14-35(20-28)30(37)25-16-24(29(36)32-27-11-9-26(31)10-12-27)18-34(19-25)17-21-7-8-22-5-3-4-6-23(22)15-21/h3-12,15,24-25,28H,13-14,16-20H2,1-2H3,(H,32,36)/t24-,25+,28-/m1/s1. The van der Waals surface area contributed by atoms with Crippen LogP contribution < -0.4 is 5.32 Å². The first-order valence-electron chi connectivity index (χ1n) is 13.1. The van der Waals surface area contributed by atoms with Crippen LogP contribution in [0.4, 0.5) is 10.1 Å². The van der Waals surface area contributed by atoms with Crippen molar-refractivity contribution in [3.05, 3.63) is 78.1 Å². The fraction of sp³-hybridized carbons (Fsp3) is 0.400. The molecule has 7 heteroatoms. The third-order valence-corrected chi connectivity index (χ3v) is 7.78. The molecule has 194 valence electrons. The summed E-state index contributed by atoms with van der Waals surface area (Å²) in [5.74, 6) is -0.892. The van der Waals surface area contributed by atoms with E-state index in [4.69, 9.17) is 0 Å². The molecule has 6 nitrogen and oxygen atoms in total. The van der Waals surface area contributed by atoms with Gasteiger partial charge in [0.05, 0.1) is 11.8 Å². The Kier molecular flexibility index (Phi) is 7.53. The molecule has 0 saturated carbocycles. The van der Waals surface area contributed by atoms with E-state index in [1.165, 1.54) is 28.5 Å². The minimum absolute atomic E-state index is 0.125. The van der Waals surface area contributed by atoms with Crippen LogP contribution in [0.2, 0.25) is 0 Å². The zero-order valence-corrected chi connectivity index (χ0v) is 21.6. The average Bonchev–Trinajstić information content (AvgIpc) is 3.40. The van der Waals surface area contributed by atoms with Crippen LogP contribution in [0.3, 0.4) is 0 Å². The molecule has 1 N–H and O–H groups in total. The van der Waals surface area contributed by atoms with Crippen LogP contribution in [0.1, 0.15) is 18.4 Å². The van der Waals surface area contributed by atoms with Crippen LogP contribution in [-0.4, -0.2) is 72.8 Å². The van der Waals surface area contributed by atoms with E-state index in [1.807, 2.05) is 17.0 Å². The van der Waals surface area contributed by atoms with Gasteiger partial charge in [-0.1, -0.05) is 36.4 Å². The second kappa shape index (κ2) is 11.0. The summed E-state index contributed by atoms with van der Waals surface area (Å²) >= 11 is 0. The van der Waals surface area contributed by atoms with Crippen LogP contribution in [-0.2, 0) is 16.1 Å². The summed E-state index contributed by atoms with van der Waals surface area (Å²) in [5.41, 5.74) is 1.73. The number of benzene rings is 3. The number of carbonyl (C=O) groups is 2. The molecule has 2 fully saturated rings. The third kappa shape index (κ3) is 6.00. The minimum Gasteiger partial charge on any atom is -0.341 e. The smallest absolute Gasteiger partial charge is 0.228 e. The Balaban J connectivity index is 1.33. The van der Waals surface area contributed by atoms with Gasteiger partial charge in [-0.15, -0.1) is 0 Å². The monoisotopic (exact) mass is 502 g/mol. The quantitative estimate of drug-likeness (QED) is 0.549. The maximum Gasteiger partial charge on any atom is 0.228 e. The van der Waals surface area contributed by atoms with Gasteiger partial charge in [0.2, 0.25) is 11.8 Å². The van der Waals surface area contributed by atoms with Crippen molar-refractivity contribution in [3.8, 4) is 0 Å². The van der Waals surface area contributed by atoms with Crippen molar-refractivity contribution in [2.75, 3.05) is 45.6 Å². The van der Waals surface area contributed by atoms with Crippen LogP contribution in [0.15, 0.2) is 66.7 Å². The van der Waals surface area contributed by atoms with Crippen molar-refractivity contribution in [3.63, 3.8) is 0 Å². The fourth-order valence-electron chi connectivity index (χ4n) is 5.68. The minimum atomic E-state index is -0.343. The molecule has 0 aromatic heterocycles. The summed E-state index contributed by atoms with van der Waals surface area (Å²) in [6.45, 7) is 3.38. The Labute approximate surface area is 218 Å². The van der Waals surface area contributed by atoms with E-state index >= 15 is 0 Å². The lowest BCUT2D eigenvalue weighted by molar-refractivity contribution is -0.138. The third-order valence-electron chi connectivity index (χ3n) is 7.78. The molecule has 5 rings (SSSR count). The number of anilines is 1. The molecular weight excluding hydrogens is 467 g/mol. The van der Waals surface area contributed by atoms with Gasteiger partial charge in [0.15, 0.2) is 0 Å². The summed E-state index contributed by atoms with van der Waals surface area (Å²) in [6.07, 6.45) is 1.49. The maximum atomic E-state index is 13.6. The number of nitrogens with zero attached hydrogens (tertiary/aromatic N) is 3. The molecule has 2 amide bonds. The number of piperidine rings is 1. The van der Waals surface area contributed by atoms with Crippen molar-refractivity contribution in [1.82, 2.24) is 14.7 Å². The number of carbonyl (C=O) groups excluding carboxylic acids is 2. The number of fused-ring (bicyclic) bond motifs is 1. The van der Waals surface area contributed by atoms with Crippen molar-refractivity contribution in [1.29, 1.82) is 0 Å². The van der Waals surface area contributed by atoms with Gasteiger partial charge in [0.1, 0.15) is 5.82 Å². The number of hydrogen-bond donors (Lipinski definition) is 1. The number of nitrogens with one attached hydrogen (secondary N) is 1. The van der Waals surface area contributed by atoms with Crippen molar-refractivity contribution in [2.24, 2.45) is 11.8 Å². The molecule has 37 heavy (non-hydrogen) atoms. The van der Waals surface area contributed by atoms with E-state index in [1.54, 1.807) is 12.1 Å². The molecule has 0 spiro atoms. The van der Waals surface area contributed by atoms with Crippen LogP contribution in [0.5, 0.6) is 0 Å². The summed E-state index contributed by atoms with van der Waals surface area (Å²) in [6, 6.07) is 20.9. The molecule has 0 unspecified atom stereocenters. The van der Waals surface area contributed by atoms with Gasteiger partial charge >= 0.3 is 0 Å². The van der Waals surface area contributed by atoms with Gasteiger partial charge in [-0.25, -0.2) is 4.39 Å². The second-order valence-electron chi connectivity index (χ2n) is 10.7. The Bertz CT molecular complexity index is 1260. The Morgan fingerprint density at radius 2 is 1.68 bits per heavy atom. The normalized spacial score (nSPS) is 22.5. The van der Waals surface area contributed by atoms with E-state index in [0.717, 1.165) is 19.5 Å². The van der Waals surface area contributed by atoms with Crippen LogP contribution in [0.25, 0.3) is 10.8 Å². The Hall–Kier alpha value is -3.29. The van der Waals surface area contributed by atoms with Gasteiger partial charge in [0, 0.05) is 44.5 Å². The molecule has 2 aliphatic heterocycles.